The number of allylic oxidation sites excluding steroid dienone is 2. The van der Waals surface area contributed by atoms with Gasteiger partial charge in [-0.3, -0.25) is 0 Å². The highest BCUT2D eigenvalue weighted by molar-refractivity contribution is 5.30. The van der Waals surface area contributed by atoms with Gasteiger partial charge in [-0.05, 0) is 74.5 Å². The minimum absolute atomic E-state index is 0.0532. The van der Waals surface area contributed by atoms with Gasteiger partial charge in [0.2, 0.25) is 0 Å². The molecule has 1 aliphatic rings. The van der Waals surface area contributed by atoms with Crippen LogP contribution in [0.25, 0.3) is 0 Å². The lowest BCUT2D eigenvalue weighted by atomic mass is 9.77. The van der Waals surface area contributed by atoms with E-state index in [1.54, 1.807) is 0 Å². The lowest BCUT2D eigenvalue weighted by molar-refractivity contribution is -0.142. The van der Waals surface area contributed by atoms with Crippen molar-refractivity contribution in [2.24, 2.45) is 5.92 Å². The molecular weight excluding hydrogens is 335 g/mol. The van der Waals surface area contributed by atoms with Crippen molar-refractivity contribution in [3.8, 4) is 0 Å². The van der Waals surface area contributed by atoms with Gasteiger partial charge in [-0.1, -0.05) is 25.5 Å². The number of unbranched alkanes of at least 4 members (excludes halogenated alkanes) is 1. The highest BCUT2D eigenvalue weighted by Gasteiger charge is 2.38. The van der Waals surface area contributed by atoms with E-state index >= 15 is 0 Å². The molecule has 0 radical (unpaired) electrons. The molecule has 1 aliphatic carbocycles. The molecule has 0 spiro atoms. The van der Waals surface area contributed by atoms with E-state index < -0.39 is 23.4 Å². The first-order chi connectivity index (χ1) is 11.8. The van der Waals surface area contributed by atoms with E-state index in [-0.39, 0.29) is 5.92 Å². The van der Waals surface area contributed by atoms with Gasteiger partial charge in [0.15, 0.2) is 0 Å². The Hall–Kier alpha value is -1.39. The number of rotatable bonds is 6. The Bertz CT molecular complexity index is 557. The molecule has 25 heavy (non-hydrogen) atoms. The standard InChI is InChI=1S/C20H25F5/c1-2-3-4-5-6-7-14-8-10-15(11-9-14)16-12-17(21)19(18(22)13-16)20(23,24)25/h3-4,12-15H,2,5-11H2,1H3/b4-3+/t14-,15-. The highest BCUT2D eigenvalue weighted by Crippen LogP contribution is 2.40. The quantitative estimate of drug-likeness (QED) is 0.282. The van der Waals surface area contributed by atoms with Crippen LogP contribution in [0.2, 0.25) is 0 Å². The maximum atomic E-state index is 13.7. The molecule has 0 heterocycles. The van der Waals surface area contributed by atoms with Gasteiger partial charge < -0.3 is 0 Å². The largest absolute Gasteiger partial charge is 0.422 e. The van der Waals surface area contributed by atoms with Crippen molar-refractivity contribution < 1.29 is 22.0 Å². The normalized spacial score (nSPS) is 21.8. The maximum absolute atomic E-state index is 13.7. The van der Waals surface area contributed by atoms with Crippen LogP contribution in [0.15, 0.2) is 24.3 Å². The van der Waals surface area contributed by atoms with Crippen LogP contribution in [0, 0.1) is 17.6 Å². The molecule has 0 aliphatic heterocycles. The summed E-state index contributed by atoms with van der Waals surface area (Å²) in [6, 6.07) is 1.73. The summed E-state index contributed by atoms with van der Waals surface area (Å²) >= 11 is 0. The van der Waals surface area contributed by atoms with Gasteiger partial charge in [0.25, 0.3) is 0 Å². The smallest absolute Gasteiger partial charge is 0.206 e. The van der Waals surface area contributed by atoms with Crippen LogP contribution >= 0.6 is 0 Å². The first kappa shape index (κ1) is 19.9. The third kappa shape index (κ3) is 5.55. The average molecular weight is 360 g/mol. The van der Waals surface area contributed by atoms with Crippen molar-refractivity contribution in [3.05, 3.63) is 47.0 Å². The Morgan fingerprint density at radius 3 is 2.12 bits per heavy atom. The van der Waals surface area contributed by atoms with Crippen LogP contribution in [-0.4, -0.2) is 0 Å². The highest BCUT2D eigenvalue weighted by atomic mass is 19.4. The van der Waals surface area contributed by atoms with Crippen LogP contribution in [0.5, 0.6) is 0 Å². The molecule has 0 saturated heterocycles. The van der Waals surface area contributed by atoms with E-state index in [4.69, 9.17) is 0 Å². The van der Waals surface area contributed by atoms with E-state index in [2.05, 4.69) is 19.1 Å². The predicted molar refractivity (Wildman–Crippen MR) is 89.3 cm³/mol. The van der Waals surface area contributed by atoms with Gasteiger partial charge in [0.1, 0.15) is 17.2 Å². The topological polar surface area (TPSA) is 0 Å². The van der Waals surface area contributed by atoms with E-state index in [1.807, 2.05) is 0 Å². The summed E-state index contributed by atoms with van der Waals surface area (Å²) in [5, 5.41) is 0. The van der Waals surface area contributed by atoms with Gasteiger partial charge in [-0.15, -0.1) is 0 Å². The molecule has 2 rings (SSSR count). The monoisotopic (exact) mass is 360 g/mol. The predicted octanol–water partition coefficient (Wildman–Crippen LogP) is 7.39. The van der Waals surface area contributed by atoms with E-state index in [1.165, 1.54) is 0 Å². The second-order valence-electron chi connectivity index (χ2n) is 6.89. The molecular formula is C20H25F5. The Labute approximate surface area is 146 Å². The Balaban J connectivity index is 1.92. The van der Waals surface area contributed by atoms with E-state index in [0.717, 1.165) is 63.5 Å². The Morgan fingerprint density at radius 2 is 1.60 bits per heavy atom. The molecule has 1 saturated carbocycles. The molecule has 0 unspecified atom stereocenters. The molecule has 0 atom stereocenters. The fourth-order valence-corrected chi connectivity index (χ4v) is 3.69. The molecule has 140 valence electrons. The van der Waals surface area contributed by atoms with Gasteiger partial charge >= 0.3 is 6.18 Å². The summed E-state index contributed by atoms with van der Waals surface area (Å²) in [5.74, 6) is -2.46. The van der Waals surface area contributed by atoms with Crippen LogP contribution < -0.4 is 0 Å². The molecule has 0 N–H and O–H groups in total. The van der Waals surface area contributed by atoms with Crippen molar-refractivity contribution >= 4 is 0 Å². The van der Waals surface area contributed by atoms with Gasteiger partial charge in [-0.2, -0.15) is 13.2 Å². The maximum Gasteiger partial charge on any atom is 0.422 e. The van der Waals surface area contributed by atoms with Gasteiger partial charge in [0, 0.05) is 0 Å². The lowest BCUT2D eigenvalue weighted by Crippen LogP contribution is -2.16. The number of hydrogen-bond acceptors (Lipinski definition) is 0. The fraction of sp³-hybridized carbons (Fsp3) is 0.600. The minimum atomic E-state index is -5.00. The van der Waals surface area contributed by atoms with Crippen molar-refractivity contribution in [1.29, 1.82) is 0 Å². The molecule has 0 aromatic heterocycles. The van der Waals surface area contributed by atoms with Gasteiger partial charge in [-0.25, -0.2) is 8.78 Å². The molecule has 1 aromatic carbocycles. The van der Waals surface area contributed by atoms with Crippen molar-refractivity contribution in [2.75, 3.05) is 0 Å². The summed E-state index contributed by atoms with van der Waals surface area (Å²) in [5.41, 5.74) is -1.43. The Morgan fingerprint density at radius 1 is 1.00 bits per heavy atom. The zero-order chi connectivity index (χ0) is 18.4. The van der Waals surface area contributed by atoms with Crippen molar-refractivity contribution in [2.45, 2.75) is 70.4 Å². The van der Waals surface area contributed by atoms with E-state index in [0.29, 0.717) is 11.5 Å². The fourth-order valence-electron chi connectivity index (χ4n) is 3.69. The molecule has 0 amide bonds. The average Bonchev–Trinajstić information content (AvgIpc) is 2.53. The molecule has 0 bridgehead atoms. The summed E-state index contributed by atoms with van der Waals surface area (Å²) in [4.78, 5) is 0. The van der Waals surface area contributed by atoms with Crippen LogP contribution in [0.1, 0.15) is 75.3 Å². The Kier molecular flexibility index (Phi) is 7.03. The van der Waals surface area contributed by atoms with Crippen LogP contribution in [0.4, 0.5) is 22.0 Å². The van der Waals surface area contributed by atoms with Crippen LogP contribution in [0.3, 0.4) is 0 Å². The van der Waals surface area contributed by atoms with Crippen molar-refractivity contribution in [3.63, 3.8) is 0 Å². The molecule has 5 heteroatoms. The summed E-state index contributed by atoms with van der Waals surface area (Å²) in [7, 11) is 0. The van der Waals surface area contributed by atoms with Crippen molar-refractivity contribution in [1.82, 2.24) is 0 Å². The summed E-state index contributed by atoms with van der Waals surface area (Å²) in [6.45, 7) is 2.10. The zero-order valence-corrected chi connectivity index (χ0v) is 14.5. The second kappa shape index (κ2) is 8.81. The summed E-state index contributed by atoms with van der Waals surface area (Å²) < 4.78 is 65.4. The zero-order valence-electron chi connectivity index (χ0n) is 14.5. The molecule has 0 nitrogen and oxygen atoms in total. The molecule has 1 aromatic rings. The van der Waals surface area contributed by atoms with E-state index in [9.17, 15) is 22.0 Å². The SMILES string of the molecule is CC/C=C/CCC[C@H]1CC[C@H](c2cc(F)c(C(F)(F)F)c(F)c2)CC1. The third-order valence-electron chi connectivity index (χ3n) is 5.05. The number of benzene rings is 1. The molecule has 1 fully saturated rings. The third-order valence-corrected chi connectivity index (χ3v) is 5.05. The lowest BCUT2D eigenvalue weighted by Gasteiger charge is -2.29. The first-order valence-electron chi connectivity index (χ1n) is 9.04. The number of alkyl halides is 3. The number of hydrogen-bond donors (Lipinski definition) is 0. The summed E-state index contributed by atoms with van der Waals surface area (Å²) in [6.07, 6.45) is 7.22. The minimum Gasteiger partial charge on any atom is -0.206 e. The van der Waals surface area contributed by atoms with Gasteiger partial charge in [0.05, 0.1) is 0 Å². The van der Waals surface area contributed by atoms with Crippen LogP contribution in [-0.2, 0) is 6.18 Å². The second-order valence-corrected chi connectivity index (χ2v) is 6.89. The first-order valence-corrected chi connectivity index (χ1v) is 9.04. The number of halogens is 5.